The zero-order valence-corrected chi connectivity index (χ0v) is 15.5. The fourth-order valence-corrected chi connectivity index (χ4v) is 4.73. The van der Waals surface area contributed by atoms with Crippen LogP contribution in [0.5, 0.6) is 0 Å². The van der Waals surface area contributed by atoms with Gasteiger partial charge in [0.15, 0.2) is 5.41 Å². The van der Waals surface area contributed by atoms with Crippen LogP contribution in [0.3, 0.4) is 0 Å². The predicted molar refractivity (Wildman–Crippen MR) is 93.0 cm³/mol. The molecule has 0 spiro atoms. The first-order chi connectivity index (χ1) is 12.3. The lowest BCUT2D eigenvalue weighted by Gasteiger charge is -2.48. The maximum absolute atomic E-state index is 10.0. The summed E-state index contributed by atoms with van der Waals surface area (Å²) in [6, 6.07) is 10.6. The van der Waals surface area contributed by atoms with E-state index in [1.165, 1.54) is 6.07 Å². The quantitative estimate of drug-likeness (QED) is 0.807. The third kappa shape index (κ3) is 1.97. The second kappa shape index (κ2) is 5.86. The molecule has 3 rings (SSSR count). The molecule has 2 aliphatic rings. The molecular formula is C18H14Cl2N4O2. The van der Waals surface area contributed by atoms with Crippen molar-refractivity contribution in [3.8, 4) is 18.2 Å². The monoisotopic (exact) mass is 388 g/mol. The van der Waals surface area contributed by atoms with Gasteiger partial charge in [0.05, 0.1) is 24.1 Å². The molecule has 26 heavy (non-hydrogen) atoms. The summed E-state index contributed by atoms with van der Waals surface area (Å²) in [6.45, 7) is 3.42. The zero-order chi connectivity index (χ0) is 19.3. The number of ether oxygens (including phenoxy) is 2. The van der Waals surface area contributed by atoms with E-state index >= 15 is 0 Å². The lowest BCUT2D eigenvalue weighted by atomic mass is 9.53. The van der Waals surface area contributed by atoms with Crippen molar-refractivity contribution in [1.82, 2.24) is 0 Å². The fraction of sp³-hybridized carbons (Fsp3) is 0.444. The molecule has 8 heteroatoms. The number of nitrogens with zero attached hydrogens (tertiary/aromatic N) is 3. The molecule has 4 atom stereocenters. The van der Waals surface area contributed by atoms with Crippen LogP contribution in [0, 0.1) is 56.2 Å². The Hall–Kier alpha value is -2.30. The van der Waals surface area contributed by atoms with Gasteiger partial charge in [-0.3, -0.25) is 5.41 Å². The lowest BCUT2D eigenvalue weighted by molar-refractivity contribution is -0.273. The molecule has 1 aromatic carbocycles. The van der Waals surface area contributed by atoms with Crippen molar-refractivity contribution >= 4 is 29.1 Å². The highest BCUT2D eigenvalue weighted by molar-refractivity contribution is 6.35. The van der Waals surface area contributed by atoms with Crippen LogP contribution in [-0.4, -0.2) is 11.7 Å². The molecule has 2 aliphatic heterocycles. The number of benzene rings is 1. The third-order valence-electron chi connectivity index (χ3n) is 5.37. The summed E-state index contributed by atoms with van der Waals surface area (Å²) in [5.74, 6) is -2.41. The van der Waals surface area contributed by atoms with Crippen LogP contribution < -0.4 is 0 Å². The summed E-state index contributed by atoms with van der Waals surface area (Å²) in [6.07, 6.45) is -0.795. The second-order valence-electron chi connectivity index (χ2n) is 6.52. The Bertz CT molecular complexity index is 915. The maximum Gasteiger partial charge on any atom is 0.214 e. The van der Waals surface area contributed by atoms with Crippen molar-refractivity contribution in [3.05, 3.63) is 33.8 Å². The number of rotatable bonds is 2. The van der Waals surface area contributed by atoms with E-state index in [2.05, 4.69) is 6.07 Å². The number of hydrogen-bond donors (Lipinski definition) is 1. The maximum atomic E-state index is 10.0. The molecule has 6 nitrogen and oxygen atoms in total. The molecule has 1 N–H and O–H groups in total. The van der Waals surface area contributed by atoms with Crippen molar-refractivity contribution in [1.29, 1.82) is 21.2 Å². The highest BCUT2D eigenvalue weighted by Gasteiger charge is 2.79. The summed E-state index contributed by atoms with van der Waals surface area (Å²) in [7, 11) is 0. The molecular weight excluding hydrogens is 375 g/mol. The van der Waals surface area contributed by atoms with E-state index in [9.17, 15) is 15.8 Å². The van der Waals surface area contributed by atoms with Crippen LogP contribution in [0.4, 0.5) is 0 Å². The Balaban J connectivity index is 2.36. The van der Waals surface area contributed by atoms with Crippen LogP contribution in [0.2, 0.25) is 10.0 Å². The van der Waals surface area contributed by atoms with E-state index < -0.39 is 34.5 Å². The predicted octanol–water partition coefficient (Wildman–Crippen LogP) is 4.36. The molecule has 2 saturated heterocycles. The summed E-state index contributed by atoms with van der Waals surface area (Å²) in [4.78, 5) is 0. The van der Waals surface area contributed by atoms with Crippen molar-refractivity contribution in [2.24, 2.45) is 16.7 Å². The van der Waals surface area contributed by atoms with E-state index in [1.807, 2.05) is 12.1 Å². The first-order valence-electron chi connectivity index (χ1n) is 7.90. The highest BCUT2D eigenvalue weighted by Crippen LogP contribution is 2.67. The Morgan fingerprint density at radius 2 is 1.85 bits per heavy atom. The van der Waals surface area contributed by atoms with Crippen LogP contribution in [0.25, 0.3) is 0 Å². The minimum atomic E-state index is -2.01. The molecule has 0 aliphatic carbocycles. The minimum absolute atomic E-state index is 0.204. The van der Waals surface area contributed by atoms with Crippen molar-refractivity contribution in [2.45, 2.75) is 32.2 Å². The molecule has 2 fully saturated rings. The first-order valence-corrected chi connectivity index (χ1v) is 8.66. The standard InChI is InChI=1S/C18H14Cl2N4O2/c1-3-13-16(2)25-14(11-5-4-10(19)6-12(11)20)17(7-21,8-22)18(13,9-23)15(24)26-16/h4-6,13-14,24H,3H2,1-2H3. The Morgan fingerprint density at radius 1 is 1.19 bits per heavy atom. The Morgan fingerprint density at radius 3 is 2.35 bits per heavy atom. The molecule has 0 amide bonds. The summed E-state index contributed by atoms with van der Waals surface area (Å²) >= 11 is 12.2. The van der Waals surface area contributed by atoms with Crippen LogP contribution in [0.1, 0.15) is 31.9 Å². The van der Waals surface area contributed by atoms with E-state index in [0.29, 0.717) is 17.0 Å². The number of nitriles is 3. The van der Waals surface area contributed by atoms with Gasteiger partial charge >= 0.3 is 0 Å². The minimum Gasteiger partial charge on any atom is -0.448 e. The topological polar surface area (TPSA) is 114 Å². The van der Waals surface area contributed by atoms with Gasteiger partial charge < -0.3 is 9.47 Å². The summed E-state index contributed by atoms with van der Waals surface area (Å²) in [5, 5.41) is 39.0. The third-order valence-corrected chi connectivity index (χ3v) is 5.93. The molecule has 4 unspecified atom stereocenters. The number of fused-ring (bicyclic) bond motifs is 2. The summed E-state index contributed by atoms with van der Waals surface area (Å²) in [5.41, 5.74) is -3.43. The lowest BCUT2D eigenvalue weighted by Crippen LogP contribution is -2.58. The second-order valence-corrected chi connectivity index (χ2v) is 7.37. The number of nitrogens with one attached hydrogen (secondary N) is 1. The van der Waals surface area contributed by atoms with Gasteiger partial charge in [-0.25, -0.2) is 0 Å². The molecule has 1 aromatic rings. The van der Waals surface area contributed by atoms with Gasteiger partial charge in [-0.15, -0.1) is 0 Å². The van der Waals surface area contributed by atoms with Crippen LogP contribution in [-0.2, 0) is 9.47 Å². The van der Waals surface area contributed by atoms with Gasteiger partial charge in [-0.1, -0.05) is 36.2 Å². The van der Waals surface area contributed by atoms with Crippen molar-refractivity contribution in [3.63, 3.8) is 0 Å². The summed E-state index contributed by atoms with van der Waals surface area (Å²) < 4.78 is 11.7. The average Bonchev–Trinajstić information content (AvgIpc) is 2.78. The van der Waals surface area contributed by atoms with Gasteiger partial charge in [0.2, 0.25) is 17.1 Å². The van der Waals surface area contributed by atoms with Gasteiger partial charge in [-0.05, 0) is 18.6 Å². The van der Waals surface area contributed by atoms with Gasteiger partial charge in [-0.2, -0.15) is 15.8 Å². The fourth-order valence-electron chi connectivity index (χ4n) is 4.22. The molecule has 132 valence electrons. The molecule has 0 saturated carbocycles. The van der Waals surface area contributed by atoms with Crippen LogP contribution >= 0.6 is 23.2 Å². The molecule has 2 heterocycles. The normalized spacial score (nSPS) is 34.3. The van der Waals surface area contributed by atoms with Crippen LogP contribution in [0.15, 0.2) is 18.2 Å². The largest absolute Gasteiger partial charge is 0.448 e. The van der Waals surface area contributed by atoms with E-state index in [-0.39, 0.29) is 5.02 Å². The number of hydrogen-bond acceptors (Lipinski definition) is 6. The van der Waals surface area contributed by atoms with E-state index in [4.69, 9.17) is 38.1 Å². The Kier molecular flexibility index (Phi) is 4.17. The highest BCUT2D eigenvalue weighted by atomic mass is 35.5. The first kappa shape index (κ1) is 18.5. The van der Waals surface area contributed by atoms with E-state index in [0.717, 1.165) is 0 Å². The smallest absolute Gasteiger partial charge is 0.214 e. The van der Waals surface area contributed by atoms with Crippen molar-refractivity contribution < 1.29 is 9.47 Å². The SMILES string of the molecule is CCC1C2(C)OC(=N)C1(C#N)C(C#N)(C#N)C(c1ccc(Cl)cc1Cl)O2. The number of halogens is 2. The average molecular weight is 389 g/mol. The molecule has 0 radical (unpaired) electrons. The van der Waals surface area contributed by atoms with Gasteiger partial charge in [0.25, 0.3) is 0 Å². The van der Waals surface area contributed by atoms with E-state index in [1.54, 1.807) is 26.0 Å². The molecule has 0 aromatic heterocycles. The zero-order valence-electron chi connectivity index (χ0n) is 14.0. The van der Waals surface area contributed by atoms with Crippen molar-refractivity contribution in [2.75, 3.05) is 0 Å². The van der Waals surface area contributed by atoms with Gasteiger partial charge in [0.1, 0.15) is 6.10 Å². The Labute approximate surface area is 160 Å². The van der Waals surface area contributed by atoms with Gasteiger partial charge in [0, 0.05) is 22.5 Å². The molecule has 2 bridgehead atoms.